The molecular weight excluding hydrogens is 316 g/mol. The summed E-state index contributed by atoms with van der Waals surface area (Å²) in [6.45, 7) is 3.74. The van der Waals surface area contributed by atoms with Gasteiger partial charge >= 0.3 is 0 Å². The second-order valence-corrected chi connectivity index (χ2v) is 7.62. The zero-order chi connectivity index (χ0) is 16.9. The monoisotopic (exact) mass is 340 g/mol. The van der Waals surface area contributed by atoms with Crippen LogP contribution in [0.4, 0.5) is 0 Å². The number of benzene rings is 1. The Bertz CT molecular complexity index is 645. The molecule has 1 saturated heterocycles. The SMILES string of the molecule is COc1ccccc1S(=O)(=O)NCCC(=O)N1CCCC(C)C1. The van der Waals surface area contributed by atoms with E-state index in [9.17, 15) is 13.2 Å². The highest BCUT2D eigenvalue weighted by atomic mass is 32.2. The van der Waals surface area contributed by atoms with Crippen LogP contribution in [0, 0.1) is 5.92 Å². The third-order valence-electron chi connectivity index (χ3n) is 4.00. The van der Waals surface area contributed by atoms with Crippen LogP contribution in [0.3, 0.4) is 0 Å². The molecule has 1 N–H and O–H groups in total. The maximum atomic E-state index is 12.3. The molecule has 0 aromatic heterocycles. The van der Waals surface area contributed by atoms with E-state index in [2.05, 4.69) is 11.6 Å². The average molecular weight is 340 g/mol. The Hall–Kier alpha value is -1.60. The van der Waals surface area contributed by atoms with Gasteiger partial charge in [0, 0.05) is 26.1 Å². The molecule has 6 nitrogen and oxygen atoms in total. The van der Waals surface area contributed by atoms with Gasteiger partial charge in [-0.1, -0.05) is 19.1 Å². The minimum absolute atomic E-state index is 0.000670. The van der Waals surface area contributed by atoms with Crippen molar-refractivity contribution in [3.8, 4) is 5.75 Å². The Morgan fingerprint density at radius 1 is 1.39 bits per heavy atom. The smallest absolute Gasteiger partial charge is 0.244 e. The van der Waals surface area contributed by atoms with Gasteiger partial charge in [0.2, 0.25) is 15.9 Å². The molecule has 1 aliphatic heterocycles. The summed E-state index contributed by atoms with van der Waals surface area (Å²) in [7, 11) is -2.26. The van der Waals surface area contributed by atoms with Crippen molar-refractivity contribution in [2.45, 2.75) is 31.1 Å². The number of piperidine rings is 1. The van der Waals surface area contributed by atoms with E-state index in [1.807, 2.05) is 4.90 Å². The standard InChI is InChI=1S/C16H24N2O4S/c1-13-6-5-11-18(12-13)16(19)9-10-17-23(20,21)15-8-4-3-7-14(15)22-2/h3-4,7-8,13,17H,5-6,9-12H2,1-2H3. The van der Waals surface area contributed by atoms with Gasteiger partial charge in [0.05, 0.1) is 7.11 Å². The number of para-hydroxylation sites is 1. The minimum atomic E-state index is -3.69. The number of amides is 1. The Balaban J connectivity index is 1.91. The number of methoxy groups -OCH3 is 1. The molecule has 0 saturated carbocycles. The highest BCUT2D eigenvalue weighted by molar-refractivity contribution is 7.89. The van der Waals surface area contributed by atoms with E-state index in [0.29, 0.717) is 5.92 Å². The van der Waals surface area contributed by atoms with Crippen LogP contribution in [0.25, 0.3) is 0 Å². The first-order valence-electron chi connectivity index (χ1n) is 7.84. The van der Waals surface area contributed by atoms with Crippen molar-refractivity contribution in [2.24, 2.45) is 5.92 Å². The molecule has 0 aliphatic carbocycles. The second-order valence-electron chi connectivity index (χ2n) is 5.89. The van der Waals surface area contributed by atoms with Crippen LogP contribution in [0.2, 0.25) is 0 Å². The molecule has 7 heteroatoms. The Morgan fingerprint density at radius 3 is 2.83 bits per heavy atom. The molecule has 1 aromatic rings. The predicted octanol–water partition coefficient (Wildman–Crippen LogP) is 1.62. The summed E-state index contributed by atoms with van der Waals surface area (Å²) < 4.78 is 32.2. The number of nitrogens with zero attached hydrogens (tertiary/aromatic N) is 1. The Morgan fingerprint density at radius 2 is 2.13 bits per heavy atom. The zero-order valence-corrected chi connectivity index (χ0v) is 14.4. The molecule has 1 fully saturated rings. The zero-order valence-electron chi connectivity index (χ0n) is 13.6. The fourth-order valence-corrected chi connectivity index (χ4v) is 3.99. The summed E-state index contributed by atoms with van der Waals surface area (Å²) in [4.78, 5) is 14.1. The van der Waals surface area contributed by atoms with E-state index in [4.69, 9.17) is 4.74 Å². The lowest BCUT2D eigenvalue weighted by Gasteiger charge is -2.31. The van der Waals surface area contributed by atoms with Gasteiger partial charge in [-0.3, -0.25) is 4.79 Å². The van der Waals surface area contributed by atoms with Crippen molar-refractivity contribution in [2.75, 3.05) is 26.7 Å². The van der Waals surface area contributed by atoms with Crippen molar-refractivity contribution in [3.63, 3.8) is 0 Å². The second kappa shape index (κ2) is 7.79. The topological polar surface area (TPSA) is 75.7 Å². The number of ether oxygens (including phenoxy) is 1. The van der Waals surface area contributed by atoms with Crippen molar-refractivity contribution in [1.82, 2.24) is 9.62 Å². The van der Waals surface area contributed by atoms with Gasteiger partial charge in [-0.05, 0) is 30.9 Å². The van der Waals surface area contributed by atoms with Gasteiger partial charge in [-0.15, -0.1) is 0 Å². The van der Waals surface area contributed by atoms with Crippen LogP contribution in [-0.4, -0.2) is 46.0 Å². The lowest BCUT2D eigenvalue weighted by Crippen LogP contribution is -2.40. The molecule has 1 amide bonds. The number of likely N-dealkylation sites (tertiary alicyclic amines) is 1. The van der Waals surface area contributed by atoms with E-state index < -0.39 is 10.0 Å². The van der Waals surface area contributed by atoms with Crippen molar-refractivity contribution < 1.29 is 17.9 Å². The first kappa shape index (κ1) is 17.7. The number of rotatable bonds is 6. The average Bonchev–Trinajstić information content (AvgIpc) is 2.54. The lowest BCUT2D eigenvalue weighted by molar-refractivity contribution is -0.132. The van der Waals surface area contributed by atoms with Crippen LogP contribution in [-0.2, 0) is 14.8 Å². The molecule has 1 heterocycles. The lowest BCUT2D eigenvalue weighted by atomic mass is 10.0. The molecule has 0 spiro atoms. The Kier molecular flexibility index (Phi) is 6.01. The number of carbonyl (C=O) groups is 1. The molecule has 2 rings (SSSR count). The van der Waals surface area contributed by atoms with E-state index >= 15 is 0 Å². The predicted molar refractivity (Wildman–Crippen MR) is 87.8 cm³/mol. The van der Waals surface area contributed by atoms with Gasteiger partial charge in [0.15, 0.2) is 0 Å². The van der Waals surface area contributed by atoms with Crippen LogP contribution >= 0.6 is 0 Å². The van der Waals surface area contributed by atoms with E-state index in [0.717, 1.165) is 25.9 Å². The highest BCUT2D eigenvalue weighted by Crippen LogP contribution is 2.22. The van der Waals surface area contributed by atoms with Crippen molar-refractivity contribution in [1.29, 1.82) is 0 Å². The quantitative estimate of drug-likeness (QED) is 0.854. The summed E-state index contributed by atoms with van der Waals surface area (Å²) in [6.07, 6.45) is 2.32. The van der Waals surface area contributed by atoms with Gasteiger partial charge < -0.3 is 9.64 Å². The Labute approximate surface area is 137 Å². The number of nitrogens with one attached hydrogen (secondary N) is 1. The fourth-order valence-electron chi connectivity index (χ4n) is 2.78. The van der Waals surface area contributed by atoms with E-state index in [-0.39, 0.29) is 29.5 Å². The molecule has 1 aliphatic rings. The first-order chi connectivity index (χ1) is 10.9. The van der Waals surface area contributed by atoms with E-state index in [1.54, 1.807) is 18.2 Å². The summed E-state index contributed by atoms with van der Waals surface area (Å²) in [5.74, 6) is 0.799. The number of carbonyl (C=O) groups excluding carboxylic acids is 1. The van der Waals surface area contributed by atoms with Crippen LogP contribution in [0.15, 0.2) is 29.2 Å². The molecule has 1 unspecified atom stereocenters. The first-order valence-corrected chi connectivity index (χ1v) is 9.33. The van der Waals surface area contributed by atoms with Gasteiger partial charge in [0.1, 0.15) is 10.6 Å². The number of sulfonamides is 1. The molecule has 0 radical (unpaired) electrons. The molecular formula is C16H24N2O4S. The van der Waals surface area contributed by atoms with Crippen molar-refractivity contribution >= 4 is 15.9 Å². The molecule has 23 heavy (non-hydrogen) atoms. The van der Waals surface area contributed by atoms with Crippen LogP contribution in [0.1, 0.15) is 26.2 Å². The number of hydrogen-bond donors (Lipinski definition) is 1. The summed E-state index contributed by atoms with van der Waals surface area (Å²) in [6, 6.07) is 6.42. The normalized spacial score (nSPS) is 18.7. The maximum Gasteiger partial charge on any atom is 0.244 e. The minimum Gasteiger partial charge on any atom is -0.495 e. The molecule has 1 atom stereocenters. The van der Waals surface area contributed by atoms with E-state index in [1.165, 1.54) is 13.2 Å². The largest absolute Gasteiger partial charge is 0.495 e. The fraction of sp³-hybridized carbons (Fsp3) is 0.562. The van der Waals surface area contributed by atoms with Crippen molar-refractivity contribution in [3.05, 3.63) is 24.3 Å². The highest BCUT2D eigenvalue weighted by Gasteiger charge is 2.22. The van der Waals surface area contributed by atoms with Gasteiger partial charge in [-0.25, -0.2) is 13.1 Å². The van der Waals surface area contributed by atoms with Crippen LogP contribution < -0.4 is 9.46 Å². The molecule has 0 bridgehead atoms. The summed E-state index contributed by atoms with van der Waals surface area (Å²) in [5.41, 5.74) is 0. The van der Waals surface area contributed by atoms with Gasteiger partial charge in [0.25, 0.3) is 0 Å². The van der Waals surface area contributed by atoms with Crippen LogP contribution in [0.5, 0.6) is 5.75 Å². The third-order valence-corrected chi connectivity index (χ3v) is 5.50. The maximum absolute atomic E-state index is 12.3. The van der Waals surface area contributed by atoms with Gasteiger partial charge in [-0.2, -0.15) is 0 Å². The summed E-state index contributed by atoms with van der Waals surface area (Å²) in [5, 5.41) is 0. The third kappa shape index (κ3) is 4.68. The summed E-state index contributed by atoms with van der Waals surface area (Å²) >= 11 is 0. The number of hydrogen-bond acceptors (Lipinski definition) is 4. The molecule has 128 valence electrons. The molecule has 1 aromatic carbocycles.